The molecule has 1 N–H and O–H groups in total. The summed E-state index contributed by atoms with van der Waals surface area (Å²) in [7, 11) is 0. The van der Waals surface area contributed by atoms with E-state index in [1.807, 2.05) is 57.2 Å². The number of carbonyl (C=O) groups is 2. The maximum absolute atomic E-state index is 12.6. The molecule has 1 heterocycles. The summed E-state index contributed by atoms with van der Waals surface area (Å²) in [6, 6.07) is 13.1. The predicted octanol–water partition coefficient (Wildman–Crippen LogP) is 4.10. The third-order valence-electron chi connectivity index (χ3n) is 4.79. The number of nitrogens with one attached hydrogen (secondary N) is 1. The minimum absolute atomic E-state index is 0.0549. The van der Waals surface area contributed by atoms with Crippen molar-refractivity contribution in [1.82, 2.24) is 5.32 Å². The predicted molar refractivity (Wildman–Crippen MR) is 111 cm³/mol. The summed E-state index contributed by atoms with van der Waals surface area (Å²) in [4.78, 5) is 26.7. The molecule has 0 aliphatic carbocycles. The lowest BCUT2D eigenvalue weighted by molar-refractivity contribution is -0.126. The molecule has 5 nitrogen and oxygen atoms in total. The Balaban J connectivity index is 1.58. The van der Waals surface area contributed by atoms with E-state index >= 15 is 0 Å². The highest BCUT2D eigenvalue weighted by Gasteiger charge is 2.35. The molecule has 0 spiro atoms. The van der Waals surface area contributed by atoms with Gasteiger partial charge in [-0.05, 0) is 56.2 Å². The van der Waals surface area contributed by atoms with Crippen molar-refractivity contribution in [2.45, 2.75) is 39.8 Å². The van der Waals surface area contributed by atoms with Crippen LogP contribution < -0.4 is 15.0 Å². The summed E-state index contributed by atoms with van der Waals surface area (Å²) in [5.41, 5.74) is 2.60. The van der Waals surface area contributed by atoms with Crippen molar-refractivity contribution in [3.63, 3.8) is 0 Å². The van der Waals surface area contributed by atoms with E-state index in [1.165, 1.54) is 0 Å². The third-order valence-corrected chi connectivity index (χ3v) is 5.20. The Kier molecular flexibility index (Phi) is 6.25. The van der Waals surface area contributed by atoms with Crippen molar-refractivity contribution in [1.29, 1.82) is 0 Å². The minimum Gasteiger partial charge on any atom is -0.491 e. The third kappa shape index (κ3) is 4.65. The number of halogens is 1. The molecule has 0 aromatic heterocycles. The van der Waals surface area contributed by atoms with E-state index < -0.39 is 0 Å². The molecule has 1 fully saturated rings. The van der Waals surface area contributed by atoms with Crippen LogP contribution in [0.25, 0.3) is 0 Å². The van der Waals surface area contributed by atoms with E-state index in [-0.39, 0.29) is 30.3 Å². The van der Waals surface area contributed by atoms with Gasteiger partial charge in [0.1, 0.15) is 5.75 Å². The van der Waals surface area contributed by atoms with Crippen LogP contribution in [0.5, 0.6) is 5.75 Å². The second kappa shape index (κ2) is 8.65. The summed E-state index contributed by atoms with van der Waals surface area (Å²) in [5, 5.41) is 3.55. The number of nitrogens with zero attached hydrogens (tertiary/aromatic N) is 1. The SMILES string of the molecule is Cc1c(Cl)cccc1N1C[C@@H](C(=O)NCc2ccc(OC(C)C)cc2)CC1=O. The highest BCUT2D eigenvalue weighted by molar-refractivity contribution is 6.31. The van der Waals surface area contributed by atoms with Crippen LogP contribution >= 0.6 is 11.6 Å². The zero-order chi connectivity index (χ0) is 20.3. The van der Waals surface area contributed by atoms with Crippen molar-refractivity contribution in [3.05, 3.63) is 58.6 Å². The molecule has 0 unspecified atom stereocenters. The van der Waals surface area contributed by atoms with Gasteiger partial charge in [0.25, 0.3) is 0 Å². The molecule has 0 radical (unpaired) electrons. The fraction of sp³-hybridized carbons (Fsp3) is 0.364. The largest absolute Gasteiger partial charge is 0.491 e. The van der Waals surface area contributed by atoms with Gasteiger partial charge < -0.3 is 15.0 Å². The van der Waals surface area contributed by atoms with Gasteiger partial charge in [-0.25, -0.2) is 0 Å². The molecular formula is C22H25ClN2O3. The molecule has 1 saturated heterocycles. The van der Waals surface area contributed by atoms with Crippen LogP contribution in [0, 0.1) is 12.8 Å². The maximum Gasteiger partial charge on any atom is 0.227 e. The van der Waals surface area contributed by atoms with E-state index in [2.05, 4.69) is 5.32 Å². The molecule has 6 heteroatoms. The Morgan fingerprint density at radius 3 is 2.64 bits per heavy atom. The highest BCUT2D eigenvalue weighted by atomic mass is 35.5. The van der Waals surface area contributed by atoms with Gasteiger partial charge >= 0.3 is 0 Å². The molecule has 0 saturated carbocycles. The van der Waals surface area contributed by atoms with Crippen molar-refractivity contribution in [3.8, 4) is 5.75 Å². The summed E-state index contributed by atoms with van der Waals surface area (Å²) >= 11 is 6.17. The van der Waals surface area contributed by atoms with Crippen LogP contribution in [0.1, 0.15) is 31.4 Å². The first-order valence-electron chi connectivity index (χ1n) is 9.44. The van der Waals surface area contributed by atoms with Gasteiger partial charge in [-0.3, -0.25) is 9.59 Å². The molecule has 1 atom stereocenters. The first kappa shape index (κ1) is 20.2. The molecule has 3 rings (SSSR count). The first-order valence-corrected chi connectivity index (χ1v) is 9.81. The van der Waals surface area contributed by atoms with Gasteiger partial charge in [-0.2, -0.15) is 0 Å². The second-order valence-corrected chi connectivity index (χ2v) is 7.72. The van der Waals surface area contributed by atoms with Crippen molar-refractivity contribution >= 4 is 29.1 Å². The number of hydrogen-bond acceptors (Lipinski definition) is 3. The number of amides is 2. The number of ether oxygens (including phenoxy) is 1. The number of anilines is 1. The van der Waals surface area contributed by atoms with E-state index in [1.54, 1.807) is 11.0 Å². The monoisotopic (exact) mass is 400 g/mol. The lowest BCUT2D eigenvalue weighted by Gasteiger charge is -2.19. The lowest BCUT2D eigenvalue weighted by Crippen LogP contribution is -2.32. The number of benzene rings is 2. The molecule has 28 heavy (non-hydrogen) atoms. The van der Waals surface area contributed by atoms with Gasteiger partial charge in [-0.1, -0.05) is 29.8 Å². The van der Waals surface area contributed by atoms with Gasteiger partial charge in [-0.15, -0.1) is 0 Å². The number of carbonyl (C=O) groups excluding carboxylic acids is 2. The van der Waals surface area contributed by atoms with Crippen LogP contribution in [0.2, 0.25) is 5.02 Å². The average Bonchev–Trinajstić information content (AvgIpc) is 3.04. The normalized spacial score (nSPS) is 16.5. The smallest absolute Gasteiger partial charge is 0.227 e. The molecular weight excluding hydrogens is 376 g/mol. The van der Waals surface area contributed by atoms with Gasteiger partial charge in [0.05, 0.1) is 12.0 Å². The van der Waals surface area contributed by atoms with Crippen LogP contribution in [0.15, 0.2) is 42.5 Å². The molecule has 2 aromatic rings. The number of rotatable bonds is 6. The van der Waals surface area contributed by atoms with Gasteiger partial charge in [0.2, 0.25) is 11.8 Å². The highest BCUT2D eigenvalue weighted by Crippen LogP contribution is 2.31. The van der Waals surface area contributed by atoms with Crippen LogP contribution in [-0.4, -0.2) is 24.5 Å². The maximum atomic E-state index is 12.6. The van der Waals surface area contributed by atoms with Crippen molar-refractivity contribution < 1.29 is 14.3 Å². The van der Waals surface area contributed by atoms with Crippen LogP contribution in [0.4, 0.5) is 5.69 Å². The van der Waals surface area contributed by atoms with E-state index in [9.17, 15) is 9.59 Å². The van der Waals surface area contributed by atoms with Crippen LogP contribution in [0.3, 0.4) is 0 Å². The fourth-order valence-electron chi connectivity index (χ4n) is 3.30. The molecule has 2 amide bonds. The Hall–Kier alpha value is -2.53. The summed E-state index contributed by atoms with van der Waals surface area (Å²) in [6.45, 7) is 6.62. The first-order chi connectivity index (χ1) is 13.3. The molecule has 2 aromatic carbocycles. The van der Waals surface area contributed by atoms with Crippen LogP contribution in [-0.2, 0) is 16.1 Å². The molecule has 148 valence electrons. The van der Waals surface area contributed by atoms with E-state index in [0.29, 0.717) is 18.1 Å². The Labute approximate surface area is 170 Å². The van der Waals surface area contributed by atoms with Gasteiger partial charge in [0.15, 0.2) is 0 Å². The minimum atomic E-state index is -0.366. The summed E-state index contributed by atoms with van der Waals surface area (Å²) in [6.07, 6.45) is 0.329. The standard InChI is InChI=1S/C22H25ClN2O3/c1-14(2)28-18-9-7-16(8-10-18)12-24-22(27)17-11-21(26)25(13-17)20-6-4-5-19(23)15(20)3/h4-10,14,17H,11-13H2,1-3H3,(H,24,27)/t17-/m0/s1. The Morgan fingerprint density at radius 1 is 1.25 bits per heavy atom. The molecule has 1 aliphatic rings. The van der Waals surface area contributed by atoms with Crippen molar-refractivity contribution in [2.24, 2.45) is 5.92 Å². The lowest BCUT2D eigenvalue weighted by atomic mass is 10.1. The average molecular weight is 401 g/mol. The molecule has 1 aliphatic heterocycles. The molecule has 0 bridgehead atoms. The second-order valence-electron chi connectivity index (χ2n) is 7.32. The fourth-order valence-corrected chi connectivity index (χ4v) is 3.47. The number of hydrogen-bond donors (Lipinski definition) is 1. The Morgan fingerprint density at radius 2 is 1.96 bits per heavy atom. The Bertz CT molecular complexity index is 865. The zero-order valence-electron chi connectivity index (χ0n) is 16.4. The summed E-state index contributed by atoms with van der Waals surface area (Å²) < 4.78 is 5.62. The topological polar surface area (TPSA) is 58.6 Å². The van der Waals surface area contributed by atoms with Gasteiger partial charge in [0, 0.05) is 30.2 Å². The van der Waals surface area contributed by atoms with E-state index in [0.717, 1.165) is 22.6 Å². The summed E-state index contributed by atoms with van der Waals surface area (Å²) in [5.74, 6) is 0.271. The quantitative estimate of drug-likeness (QED) is 0.793. The van der Waals surface area contributed by atoms with Crippen molar-refractivity contribution in [2.75, 3.05) is 11.4 Å². The zero-order valence-corrected chi connectivity index (χ0v) is 17.1. The van der Waals surface area contributed by atoms with E-state index in [4.69, 9.17) is 16.3 Å².